The first kappa shape index (κ1) is 23.2. The van der Waals surface area contributed by atoms with E-state index in [0.29, 0.717) is 0 Å². The normalized spacial score (nSPS) is 16.5. The zero-order valence-electron chi connectivity index (χ0n) is 15.8. The van der Waals surface area contributed by atoms with Gasteiger partial charge < -0.3 is 15.0 Å². The molecule has 1 N–H and O–H groups in total. The van der Waals surface area contributed by atoms with Crippen molar-refractivity contribution in [3.63, 3.8) is 0 Å². The summed E-state index contributed by atoms with van der Waals surface area (Å²) in [5.41, 5.74) is 1.31. The van der Waals surface area contributed by atoms with Crippen LogP contribution < -0.4 is 5.32 Å². The van der Waals surface area contributed by atoms with Gasteiger partial charge in [-0.15, -0.1) is 30.6 Å². The predicted molar refractivity (Wildman–Crippen MR) is 122 cm³/mol. The summed E-state index contributed by atoms with van der Waals surface area (Å²) < 4.78 is 5.61. The molecule has 1 aliphatic heterocycles. The number of ether oxygens (including phenoxy) is 1. The summed E-state index contributed by atoms with van der Waals surface area (Å²) in [7, 11) is 3.91. The molecule has 0 unspecified atom stereocenters. The zero-order valence-corrected chi connectivity index (χ0v) is 18.9. The first-order valence-electron chi connectivity index (χ1n) is 8.98. The minimum Gasteiger partial charge on any atom is -0.381 e. The fraction of sp³-hybridized carbons (Fsp3) is 0.550. The Hall–Kier alpha value is -0.790. The Morgan fingerprint density at radius 2 is 2.15 bits per heavy atom. The number of benzene rings is 1. The molecule has 6 heteroatoms. The Labute approximate surface area is 180 Å². The molecule has 2 rings (SSSR count). The summed E-state index contributed by atoms with van der Waals surface area (Å²) in [6.45, 7) is 7.13. The topological polar surface area (TPSA) is 36.9 Å². The number of unbranched alkanes of at least 4 members (excludes halogenated alkanes) is 1. The Balaban J connectivity index is 0.00000338. The molecule has 0 spiro atoms. The van der Waals surface area contributed by atoms with E-state index in [9.17, 15) is 0 Å². The number of guanidine groups is 1. The largest absolute Gasteiger partial charge is 0.381 e. The van der Waals surface area contributed by atoms with E-state index in [-0.39, 0.29) is 29.4 Å². The van der Waals surface area contributed by atoms with Crippen LogP contribution in [0.5, 0.6) is 0 Å². The summed E-state index contributed by atoms with van der Waals surface area (Å²) in [5, 5.41) is 4.36. The number of hydrogen-bond acceptors (Lipinski definition) is 2. The number of rotatable bonds is 7. The molecule has 0 saturated carbocycles. The Bertz CT molecular complexity index is 588. The van der Waals surface area contributed by atoms with E-state index in [4.69, 9.17) is 16.3 Å². The maximum Gasteiger partial charge on any atom is 0.193 e. The van der Waals surface area contributed by atoms with Crippen molar-refractivity contribution in [2.45, 2.75) is 31.1 Å². The van der Waals surface area contributed by atoms with Crippen LogP contribution in [0.4, 0.5) is 0 Å². The molecule has 1 aromatic rings. The van der Waals surface area contributed by atoms with E-state index in [2.05, 4.69) is 41.0 Å². The monoisotopic (exact) mass is 491 g/mol. The molecule has 0 aromatic heterocycles. The summed E-state index contributed by atoms with van der Waals surface area (Å²) in [6, 6.07) is 8.23. The van der Waals surface area contributed by atoms with Crippen LogP contribution in [0.2, 0.25) is 5.02 Å². The molecule has 1 fully saturated rings. The van der Waals surface area contributed by atoms with Crippen LogP contribution in [0, 0.1) is 0 Å². The highest BCUT2D eigenvalue weighted by atomic mass is 127. The van der Waals surface area contributed by atoms with Crippen LogP contribution in [0.15, 0.2) is 41.9 Å². The predicted octanol–water partition coefficient (Wildman–Crippen LogP) is 4.48. The summed E-state index contributed by atoms with van der Waals surface area (Å²) in [4.78, 5) is 6.62. The highest BCUT2D eigenvalue weighted by Gasteiger charge is 2.35. The van der Waals surface area contributed by atoms with E-state index in [1.807, 2.05) is 25.3 Å². The minimum atomic E-state index is 0. The number of nitrogens with one attached hydrogen (secondary N) is 1. The van der Waals surface area contributed by atoms with Gasteiger partial charge in [-0.05, 0) is 43.4 Å². The smallest absolute Gasteiger partial charge is 0.193 e. The number of hydrogen-bond donors (Lipinski definition) is 1. The first-order valence-corrected chi connectivity index (χ1v) is 9.35. The van der Waals surface area contributed by atoms with Crippen molar-refractivity contribution in [2.24, 2.45) is 4.99 Å². The third kappa shape index (κ3) is 6.43. The molecule has 1 saturated heterocycles. The Morgan fingerprint density at radius 3 is 2.77 bits per heavy atom. The molecule has 0 amide bonds. The van der Waals surface area contributed by atoms with Crippen molar-refractivity contribution >= 4 is 41.5 Å². The quantitative estimate of drug-likeness (QED) is 0.201. The number of halogens is 2. The highest BCUT2D eigenvalue weighted by molar-refractivity contribution is 14.0. The van der Waals surface area contributed by atoms with Crippen LogP contribution >= 0.6 is 35.6 Å². The SMILES string of the molecule is C=CCCCN(C)C(=NC)NCC1(c2cccc(Cl)c2)CCOCC1.I. The molecule has 4 nitrogen and oxygen atoms in total. The average molecular weight is 492 g/mol. The molecule has 1 heterocycles. The summed E-state index contributed by atoms with van der Waals surface area (Å²) >= 11 is 6.25. The van der Waals surface area contributed by atoms with Gasteiger partial charge in [-0.3, -0.25) is 4.99 Å². The molecule has 26 heavy (non-hydrogen) atoms. The van der Waals surface area contributed by atoms with E-state index in [1.165, 1.54) is 5.56 Å². The van der Waals surface area contributed by atoms with Crippen molar-refractivity contribution in [3.8, 4) is 0 Å². The number of nitrogens with zero attached hydrogens (tertiary/aromatic N) is 2. The van der Waals surface area contributed by atoms with Gasteiger partial charge in [0.1, 0.15) is 0 Å². The lowest BCUT2D eigenvalue weighted by Gasteiger charge is -2.39. The standard InChI is InChI=1S/C20H30ClN3O.HI/c1-4-5-6-12-24(3)19(22-2)23-16-20(10-13-25-14-11-20)17-8-7-9-18(21)15-17;/h4,7-9,15H,1,5-6,10-14,16H2,2-3H3,(H,22,23);1H. The van der Waals surface area contributed by atoms with Gasteiger partial charge in [0.25, 0.3) is 0 Å². The second kappa shape index (κ2) is 11.8. The van der Waals surface area contributed by atoms with E-state index in [1.54, 1.807) is 0 Å². The van der Waals surface area contributed by atoms with E-state index >= 15 is 0 Å². The van der Waals surface area contributed by atoms with Crippen molar-refractivity contribution < 1.29 is 4.74 Å². The van der Waals surface area contributed by atoms with E-state index < -0.39 is 0 Å². The maximum atomic E-state index is 6.25. The molecule has 0 aliphatic carbocycles. The molecular formula is C20H31ClIN3O. The van der Waals surface area contributed by atoms with Crippen molar-refractivity contribution in [3.05, 3.63) is 47.5 Å². The van der Waals surface area contributed by atoms with Gasteiger partial charge in [0.15, 0.2) is 5.96 Å². The second-order valence-electron chi connectivity index (χ2n) is 6.66. The minimum absolute atomic E-state index is 0. The molecule has 1 aliphatic rings. The molecular weight excluding hydrogens is 461 g/mol. The first-order chi connectivity index (χ1) is 12.1. The molecule has 0 bridgehead atoms. The van der Waals surface area contributed by atoms with Gasteiger partial charge in [-0.1, -0.05) is 29.8 Å². The lowest BCUT2D eigenvalue weighted by atomic mass is 9.74. The van der Waals surface area contributed by atoms with Gasteiger partial charge in [0, 0.05) is 50.8 Å². The van der Waals surface area contributed by atoms with Gasteiger partial charge >= 0.3 is 0 Å². The van der Waals surface area contributed by atoms with Crippen LogP contribution in [0.1, 0.15) is 31.2 Å². The van der Waals surface area contributed by atoms with Crippen molar-refractivity contribution in [2.75, 3.05) is 40.4 Å². The van der Waals surface area contributed by atoms with Crippen LogP contribution in [-0.2, 0) is 10.2 Å². The summed E-state index contributed by atoms with van der Waals surface area (Å²) in [5.74, 6) is 0.928. The zero-order chi connectivity index (χ0) is 18.1. The fourth-order valence-corrected chi connectivity index (χ4v) is 3.55. The fourth-order valence-electron chi connectivity index (χ4n) is 3.36. The molecule has 0 radical (unpaired) electrons. The Morgan fingerprint density at radius 1 is 1.42 bits per heavy atom. The number of allylic oxidation sites excluding steroid dienone is 1. The van der Waals surface area contributed by atoms with Crippen molar-refractivity contribution in [1.82, 2.24) is 10.2 Å². The lowest BCUT2D eigenvalue weighted by molar-refractivity contribution is 0.0512. The van der Waals surface area contributed by atoms with Crippen LogP contribution in [0.25, 0.3) is 0 Å². The number of aliphatic imine (C=N–C) groups is 1. The summed E-state index contributed by atoms with van der Waals surface area (Å²) in [6.07, 6.45) is 6.02. The Kier molecular flexibility index (Phi) is 10.6. The molecule has 0 atom stereocenters. The van der Waals surface area contributed by atoms with Gasteiger partial charge in [0.2, 0.25) is 0 Å². The lowest BCUT2D eigenvalue weighted by Crippen LogP contribution is -2.48. The molecule has 146 valence electrons. The van der Waals surface area contributed by atoms with Gasteiger partial charge in [-0.25, -0.2) is 0 Å². The highest BCUT2D eigenvalue weighted by Crippen LogP contribution is 2.35. The van der Waals surface area contributed by atoms with Crippen LogP contribution in [0.3, 0.4) is 0 Å². The van der Waals surface area contributed by atoms with Gasteiger partial charge in [-0.2, -0.15) is 0 Å². The second-order valence-corrected chi connectivity index (χ2v) is 7.09. The maximum absolute atomic E-state index is 6.25. The van der Waals surface area contributed by atoms with Crippen LogP contribution in [-0.4, -0.2) is 51.3 Å². The van der Waals surface area contributed by atoms with E-state index in [0.717, 1.165) is 63.0 Å². The average Bonchev–Trinajstić information content (AvgIpc) is 2.63. The molecule has 1 aromatic carbocycles. The van der Waals surface area contributed by atoms with Crippen molar-refractivity contribution in [1.29, 1.82) is 0 Å². The third-order valence-electron chi connectivity index (χ3n) is 4.95. The van der Waals surface area contributed by atoms with Gasteiger partial charge in [0.05, 0.1) is 0 Å². The third-order valence-corrected chi connectivity index (χ3v) is 5.18.